The van der Waals surface area contributed by atoms with Gasteiger partial charge in [0.05, 0.1) is 0 Å². The molecule has 0 amide bonds. The van der Waals surface area contributed by atoms with Crippen LogP contribution in [0.15, 0.2) is 71.6 Å². The van der Waals surface area contributed by atoms with Crippen molar-refractivity contribution in [2.75, 3.05) is 5.32 Å². The molecule has 0 fully saturated rings. The highest BCUT2D eigenvalue weighted by Gasteiger charge is 2.26. The molecule has 4 aromatic rings. The summed E-state index contributed by atoms with van der Waals surface area (Å²) in [5.74, 6) is -0.00225. The predicted molar refractivity (Wildman–Crippen MR) is 120 cm³/mol. The molecule has 0 saturated carbocycles. The van der Waals surface area contributed by atoms with Crippen molar-refractivity contribution in [3.05, 3.63) is 77.9 Å². The van der Waals surface area contributed by atoms with E-state index >= 15 is 0 Å². The summed E-state index contributed by atoms with van der Waals surface area (Å²) in [7, 11) is 0. The second kappa shape index (κ2) is 6.83. The van der Waals surface area contributed by atoms with Crippen molar-refractivity contribution in [2.45, 2.75) is 25.6 Å². The Morgan fingerprint density at radius 1 is 1.10 bits per heavy atom. The number of allylic oxidation sites excluding steroid dienone is 1. The molecule has 0 bridgehead atoms. The van der Waals surface area contributed by atoms with Crippen molar-refractivity contribution in [1.29, 1.82) is 0 Å². The van der Waals surface area contributed by atoms with Gasteiger partial charge >= 0.3 is 0 Å². The monoisotopic (exact) mass is 384 g/mol. The van der Waals surface area contributed by atoms with Gasteiger partial charge < -0.3 is 20.6 Å². The van der Waals surface area contributed by atoms with Gasteiger partial charge in [0.1, 0.15) is 5.82 Å². The van der Waals surface area contributed by atoms with Gasteiger partial charge in [-0.3, -0.25) is 10.7 Å². The number of rotatable bonds is 5. The topological polar surface area (TPSA) is 94.0 Å². The van der Waals surface area contributed by atoms with Crippen LogP contribution in [0.5, 0.6) is 0 Å². The Labute approximate surface area is 168 Å². The minimum atomic E-state index is -0.843. The molecule has 1 unspecified atom stereocenters. The van der Waals surface area contributed by atoms with Crippen molar-refractivity contribution in [3.63, 3.8) is 0 Å². The zero-order chi connectivity index (χ0) is 19.8. The van der Waals surface area contributed by atoms with Gasteiger partial charge in [-0.1, -0.05) is 18.2 Å². The second-order valence-electron chi connectivity index (χ2n) is 7.65. The quantitative estimate of drug-likeness (QED) is 0.358. The summed E-state index contributed by atoms with van der Waals surface area (Å²) in [6, 6.07) is 16.7. The number of aromatic nitrogens is 2. The van der Waals surface area contributed by atoms with E-state index in [1.807, 2.05) is 12.1 Å². The third kappa shape index (κ3) is 3.50. The number of hydrogen-bond acceptors (Lipinski definition) is 4. The number of benzene rings is 2. The van der Waals surface area contributed by atoms with E-state index in [4.69, 9.17) is 5.73 Å². The summed E-state index contributed by atoms with van der Waals surface area (Å²) >= 11 is 0. The largest absolute Gasteiger partial charge is 0.361 e. The first kappa shape index (κ1) is 17.6. The molecule has 6 nitrogen and oxygen atoms in total. The predicted octanol–water partition coefficient (Wildman–Crippen LogP) is 4.13. The lowest BCUT2D eigenvalue weighted by molar-refractivity contribution is 0.356. The smallest absolute Gasteiger partial charge is 0.183 e. The Balaban J connectivity index is 1.28. The summed E-state index contributed by atoms with van der Waals surface area (Å²) in [5.41, 5.74) is 12.2. The number of nitrogens with two attached hydrogens (primary N) is 1. The molecule has 1 aliphatic rings. The molecular formula is C23H24N6. The third-order valence-corrected chi connectivity index (χ3v) is 5.38. The highest BCUT2D eigenvalue weighted by molar-refractivity contribution is 5.85. The average molecular weight is 384 g/mol. The lowest BCUT2D eigenvalue weighted by atomic mass is 10.0. The zero-order valence-corrected chi connectivity index (χ0v) is 16.3. The summed E-state index contributed by atoms with van der Waals surface area (Å²) in [6.45, 7) is 2.06. The molecule has 3 heterocycles. The number of anilines is 1. The lowest BCUT2D eigenvalue weighted by Gasteiger charge is -2.31. The van der Waals surface area contributed by atoms with E-state index in [-0.39, 0.29) is 0 Å². The molecular weight excluding hydrogens is 360 g/mol. The number of aromatic amines is 2. The Morgan fingerprint density at radius 2 is 2.00 bits per heavy atom. The Bertz CT molecular complexity index is 1240. The van der Waals surface area contributed by atoms with E-state index in [1.165, 1.54) is 16.3 Å². The molecule has 146 valence electrons. The van der Waals surface area contributed by atoms with Crippen LogP contribution in [-0.2, 0) is 6.42 Å². The number of para-hydroxylation sites is 1. The Kier molecular flexibility index (Phi) is 4.14. The van der Waals surface area contributed by atoms with Crippen LogP contribution >= 0.6 is 0 Å². The van der Waals surface area contributed by atoms with E-state index in [0.29, 0.717) is 6.42 Å². The van der Waals surface area contributed by atoms with Crippen molar-refractivity contribution in [3.8, 4) is 0 Å². The van der Waals surface area contributed by atoms with Crippen LogP contribution < -0.4 is 16.4 Å². The molecule has 6 N–H and O–H groups in total. The SMILES string of the molecule is Cc1cc2cc(NC3=CC=NC(N)(CCc4c[nH]c5ccccc45)N3)ccc2[nH]1. The maximum absolute atomic E-state index is 6.55. The maximum atomic E-state index is 6.55. The minimum absolute atomic E-state index is 0.681. The van der Waals surface area contributed by atoms with Gasteiger partial charge in [-0.05, 0) is 55.3 Å². The molecule has 2 aromatic carbocycles. The minimum Gasteiger partial charge on any atom is -0.361 e. The Morgan fingerprint density at radius 3 is 2.93 bits per heavy atom. The van der Waals surface area contributed by atoms with Crippen LogP contribution in [0.4, 0.5) is 5.69 Å². The van der Waals surface area contributed by atoms with E-state index in [9.17, 15) is 0 Å². The summed E-state index contributed by atoms with van der Waals surface area (Å²) < 4.78 is 0. The van der Waals surface area contributed by atoms with Crippen LogP contribution in [0.25, 0.3) is 21.8 Å². The molecule has 6 heteroatoms. The third-order valence-electron chi connectivity index (χ3n) is 5.38. The van der Waals surface area contributed by atoms with Crippen molar-refractivity contribution in [1.82, 2.24) is 15.3 Å². The maximum Gasteiger partial charge on any atom is 0.183 e. The normalized spacial score (nSPS) is 18.8. The first-order chi connectivity index (χ1) is 14.1. The second-order valence-corrected chi connectivity index (χ2v) is 7.65. The van der Waals surface area contributed by atoms with Gasteiger partial charge in [-0.2, -0.15) is 0 Å². The first-order valence-electron chi connectivity index (χ1n) is 9.82. The van der Waals surface area contributed by atoms with Gasteiger partial charge in [-0.15, -0.1) is 0 Å². The number of nitrogens with one attached hydrogen (secondary N) is 4. The number of nitrogens with zero attached hydrogens (tertiary/aromatic N) is 1. The molecule has 0 aliphatic carbocycles. The number of H-pyrrole nitrogens is 2. The molecule has 1 aliphatic heterocycles. The van der Waals surface area contributed by atoms with E-state index in [0.717, 1.165) is 34.7 Å². The molecule has 29 heavy (non-hydrogen) atoms. The first-order valence-corrected chi connectivity index (χ1v) is 9.82. The number of fused-ring (bicyclic) bond motifs is 2. The van der Waals surface area contributed by atoms with Crippen LogP contribution in [0, 0.1) is 6.92 Å². The zero-order valence-electron chi connectivity index (χ0n) is 16.3. The van der Waals surface area contributed by atoms with Crippen molar-refractivity contribution in [2.24, 2.45) is 10.7 Å². The fourth-order valence-corrected chi connectivity index (χ4v) is 3.93. The van der Waals surface area contributed by atoms with Crippen LogP contribution in [-0.4, -0.2) is 22.0 Å². The van der Waals surface area contributed by atoms with Crippen LogP contribution in [0.1, 0.15) is 17.7 Å². The molecule has 0 spiro atoms. The van der Waals surface area contributed by atoms with Gasteiger partial charge in [0, 0.05) is 52.0 Å². The van der Waals surface area contributed by atoms with E-state index < -0.39 is 5.79 Å². The molecule has 2 aromatic heterocycles. The van der Waals surface area contributed by atoms with Gasteiger partial charge in [0.2, 0.25) is 0 Å². The van der Waals surface area contributed by atoms with Crippen molar-refractivity contribution < 1.29 is 0 Å². The molecule has 0 radical (unpaired) electrons. The highest BCUT2D eigenvalue weighted by Crippen LogP contribution is 2.24. The summed E-state index contributed by atoms with van der Waals surface area (Å²) in [4.78, 5) is 11.2. The van der Waals surface area contributed by atoms with E-state index in [1.54, 1.807) is 6.21 Å². The van der Waals surface area contributed by atoms with Crippen LogP contribution in [0.3, 0.4) is 0 Å². The fraction of sp³-hybridized carbons (Fsp3) is 0.174. The van der Waals surface area contributed by atoms with Gasteiger partial charge in [0.15, 0.2) is 5.79 Å². The van der Waals surface area contributed by atoms with Gasteiger partial charge in [0.25, 0.3) is 0 Å². The highest BCUT2D eigenvalue weighted by atomic mass is 15.3. The van der Waals surface area contributed by atoms with Gasteiger partial charge in [-0.25, -0.2) is 0 Å². The van der Waals surface area contributed by atoms with Crippen LogP contribution in [0.2, 0.25) is 0 Å². The lowest BCUT2D eigenvalue weighted by Crippen LogP contribution is -2.54. The van der Waals surface area contributed by atoms with E-state index in [2.05, 4.69) is 81.2 Å². The molecule has 5 rings (SSSR count). The average Bonchev–Trinajstić information content (AvgIpc) is 3.28. The number of aryl methyl sites for hydroxylation is 2. The fourth-order valence-electron chi connectivity index (χ4n) is 3.93. The molecule has 0 saturated heterocycles. The number of aliphatic imine (C=N–C) groups is 1. The van der Waals surface area contributed by atoms with Crippen molar-refractivity contribution >= 4 is 33.7 Å². The standard InChI is InChI=1S/C23H24N6/c1-15-12-17-13-18(6-7-20(17)27-15)28-22-9-11-26-23(24,29-22)10-8-16-14-25-21-5-3-2-4-19(16)21/h2-7,9,11-14,25,27-29H,8,10,24H2,1H3. The summed E-state index contributed by atoms with van der Waals surface area (Å²) in [5, 5.41) is 9.19. The number of hydrogen-bond donors (Lipinski definition) is 5. The molecule has 1 atom stereocenters. The summed E-state index contributed by atoms with van der Waals surface area (Å²) in [6.07, 6.45) is 7.24. The Hall–Kier alpha value is -3.51.